The molecule has 2 rings (SSSR count). The summed E-state index contributed by atoms with van der Waals surface area (Å²) in [4.78, 5) is 4.26. The quantitative estimate of drug-likeness (QED) is 0.666. The molecule has 0 aliphatic carbocycles. The summed E-state index contributed by atoms with van der Waals surface area (Å²) in [6.07, 6.45) is 1.82. The molecule has 2 aromatic rings. The van der Waals surface area contributed by atoms with Crippen LogP contribution < -0.4 is 5.32 Å². The molecule has 0 amide bonds. The van der Waals surface area contributed by atoms with E-state index in [9.17, 15) is 0 Å². The largest absolute Gasteiger partial charge is 0.384 e. The molecule has 0 unspecified atom stereocenters. The highest BCUT2D eigenvalue weighted by Crippen LogP contribution is 2.16. The van der Waals surface area contributed by atoms with Crippen LogP contribution in [0.15, 0.2) is 58.2 Å². The van der Waals surface area contributed by atoms with Crippen molar-refractivity contribution >= 4 is 33.4 Å². The van der Waals surface area contributed by atoms with Crippen molar-refractivity contribution in [3.63, 3.8) is 0 Å². The minimum Gasteiger partial charge on any atom is -0.384 e. The molecule has 17 heavy (non-hydrogen) atoms. The number of nitrogens with one attached hydrogen (secondary N) is 1. The smallest absolute Gasteiger partial charge is 0.0960 e. The molecule has 2 nitrogen and oxygen atoms in total. The van der Waals surface area contributed by atoms with Gasteiger partial charge in [0.15, 0.2) is 0 Å². The van der Waals surface area contributed by atoms with Crippen LogP contribution in [0.25, 0.3) is 0 Å². The number of nitrogens with zero attached hydrogens (tertiary/aromatic N) is 1. The molecular formula is C13H13BrN2S. The Morgan fingerprint density at radius 1 is 1.12 bits per heavy atom. The lowest BCUT2D eigenvalue weighted by atomic mass is 10.3. The Morgan fingerprint density at radius 2 is 1.94 bits per heavy atom. The lowest BCUT2D eigenvalue weighted by Crippen LogP contribution is -2.03. The molecule has 0 saturated carbocycles. The first-order valence-electron chi connectivity index (χ1n) is 5.38. The highest BCUT2D eigenvalue weighted by Gasteiger charge is 1.94. The van der Waals surface area contributed by atoms with Crippen LogP contribution in [0.2, 0.25) is 0 Å². The predicted octanol–water partition coefficient (Wildman–Crippen LogP) is 4.05. The minimum absolute atomic E-state index is 0.933. The second-order valence-corrected chi connectivity index (χ2v) is 5.48. The first kappa shape index (κ1) is 12.5. The van der Waals surface area contributed by atoms with Crippen molar-refractivity contribution < 1.29 is 0 Å². The molecule has 0 bridgehead atoms. The number of hydrogen-bond acceptors (Lipinski definition) is 3. The van der Waals surface area contributed by atoms with Gasteiger partial charge in [-0.2, -0.15) is 0 Å². The molecule has 0 atom stereocenters. The second-order valence-electron chi connectivity index (χ2n) is 3.45. The molecule has 1 aromatic carbocycles. The number of pyridine rings is 1. The lowest BCUT2D eigenvalue weighted by molar-refractivity contribution is 1.12. The van der Waals surface area contributed by atoms with E-state index in [0.717, 1.165) is 27.5 Å². The van der Waals surface area contributed by atoms with E-state index in [4.69, 9.17) is 0 Å². The van der Waals surface area contributed by atoms with Crippen molar-refractivity contribution in [2.24, 2.45) is 0 Å². The van der Waals surface area contributed by atoms with Crippen LogP contribution in [0.5, 0.6) is 0 Å². The van der Waals surface area contributed by atoms with E-state index >= 15 is 0 Å². The van der Waals surface area contributed by atoms with Crippen LogP contribution in [-0.4, -0.2) is 17.3 Å². The minimum atomic E-state index is 0.933. The molecule has 1 aromatic heterocycles. The zero-order valence-electron chi connectivity index (χ0n) is 9.27. The fourth-order valence-corrected chi connectivity index (χ4v) is 2.34. The van der Waals surface area contributed by atoms with E-state index < -0.39 is 0 Å². The zero-order chi connectivity index (χ0) is 11.9. The van der Waals surface area contributed by atoms with Gasteiger partial charge in [-0.25, -0.2) is 4.98 Å². The summed E-state index contributed by atoms with van der Waals surface area (Å²) >= 11 is 5.18. The third-order valence-electron chi connectivity index (χ3n) is 2.16. The van der Waals surface area contributed by atoms with Gasteiger partial charge < -0.3 is 5.32 Å². The van der Waals surface area contributed by atoms with Crippen LogP contribution in [0.1, 0.15) is 0 Å². The Morgan fingerprint density at radius 3 is 2.65 bits per heavy atom. The van der Waals surface area contributed by atoms with Gasteiger partial charge >= 0.3 is 0 Å². The lowest BCUT2D eigenvalue weighted by Gasteiger charge is -2.05. The number of thioether (sulfide) groups is 1. The SMILES string of the molecule is Brc1ccc(NCCSc2ccccn2)cc1. The van der Waals surface area contributed by atoms with Crippen molar-refractivity contribution in [2.75, 3.05) is 17.6 Å². The Labute approximate surface area is 114 Å². The number of aromatic nitrogens is 1. The Balaban J connectivity index is 1.71. The Bertz CT molecular complexity index is 445. The second kappa shape index (κ2) is 6.67. The number of benzene rings is 1. The fraction of sp³-hybridized carbons (Fsp3) is 0.154. The highest BCUT2D eigenvalue weighted by atomic mass is 79.9. The Hall–Kier alpha value is -1.00. The topological polar surface area (TPSA) is 24.9 Å². The van der Waals surface area contributed by atoms with Gasteiger partial charge in [0.25, 0.3) is 0 Å². The van der Waals surface area contributed by atoms with Crippen LogP contribution in [0.4, 0.5) is 5.69 Å². The highest BCUT2D eigenvalue weighted by molar-refractivity contribution is 9.10. The van der Waals surface area contributed by atoms with Gasteiger partial charge in [0.05, 0.1) is 5.03 Å². The Kier molecular flexibility index (Phi) is 4.88. The zero-order valence-corrected chi connectivity index (χ0v) is 11.7. The van der Waals surface area contributed by atoms with Crippen LogP contribution in [0, 0.1) is 0 Å². The van der Waals surface area contributed by atoms with Crippen LogP contribution in [0.3, 0.4) is 0 Å². The predicted molar refractivity (Wildman–Crippen MR) is 77.6 cm³/mol. The third kappa shape index (κ3) is 4.40. The van der Waals surface area contributed by atoms with Gasteiger partial charge in [-0.1, -0.05) is 22.0 Å². The van der Waals surface area contributed by atoms with Gasteiger partial charge in [0.1, 0.15) is 0 Å². The first-order valence-corrected chi connectivity index (χ1v) is 7.16. The van der Waals surface area contributed by atoms with E-state index in [0.29, 0.717) is 0 Å². The van der Waals surface area contributed by atoms with Crippen molar-refractivity contribution in [1.82, 2.24) is 4.98 Å². The van der Waals surface area contributed by atoms with Crippen LogP contribution >= 0.6 is 27.7 Å². The standard InChI is InChI=1S/C13H13BrN2S/c14-11-4-6-12(7-5-11)15-9-10-17-13-3-1-2-8-16-13/h1-8,15H,9-10H2. The number of anilines is 1. The summed E-state index contributed by atoms with van der Waals surface area (Å²) in [6, 6.07) is 14.2. The molecular weight excluding hydrogens is 296 g/mol. The molecule has 0 spiro atoms. The summed E-state index contributed by atoms with van der Waals surface area (Å²) in [6.45, 7) is 0.933. The van der Waals surface area contributed by atoms with Gasteiger partial charge in [-0.15, -0.1) is 11.8 Å². The molecule has 4 heteroatoms. The number of hydrogen-bond donors (Lipinski definition) is 1. The van der Waals surface area contributed by atoms with Gasteiger partial charge in [-0.3, -0.25) is 0 Å². The van der Waals surface area contributed by atoms with Gasteiger partial charge in [0.2, 0.25) is 0 Å². The van der Waals surface area contributed by atoms with Gasteiger partial charge in [-0.05, 0) is 36.4 Å². The number of rotatable bonds is 5. The summed E-state index contributed by atoms with van der Waals surface area (Å²) in [5, 5.41) is 4.45. The van der Waals surface area contributed by atoms with Crippen molar-refractivity contribution in [3.05, 3.63) is 53.1 Å². The maximum atomic E-state index is 4.26. The van der Waals surface area contributed by atoms with Crippen molar-refractivity contribution in [2.45, 2.75) is 5.03 Å². The monoisotopic (exact) mass is 308 g/mol. The molecule has 0 aliphatic heterocycles. The maximum absolute atomic E-state index is 4.26. The first-order chi connectivity index (χ1) is 8.34. The molecule has 0 radical (unpaired) electrons. The molecule has 0 aliphatic rings. The average molecular weight is 309 g/mol. The molecule has 0 fully saturated rings. The maximum Gasteiger partial charge on any atom is 0.0960 e. The normalized spacial score (nSPS) is 10.2. The van der Waals surface area contributed by atoms with Crippen molar-refractivity contribution in [1.29, 1.82) is 0 Å². The fourth-order valence-electron chi connectivity index (χ4n) is 1.35. The third-order valence-corrected chi connectivity index (χ3v) is 3.64. The van der Waals surface area contributed by atoms with Crippen LogP contribution in [-0.2, 0) is 0 Å². The summed E-state index contributed by atoms with van der Waals surface area (Å²) in [7, 11) is 0. The van der Waals surface area contributed by atoms with E-state index in [2.05, 4.69) is 38.4 Å². The van der Waals surface area contributed by atoms with E-state index in [1.165, 1.54) is 0 Å². The van der Waals surface area contributed by atoms with E-state index in [1.54, 1.807) is 11.8 Å². The summed E-state index contributed by atoms with van der Waals surface area (Å²) in [5.41, 5.74) is 1.15. The average Bonchev–Trinajstić information content (AvgIpc) is 2.38. The van der Waals surface area contributed by atoms with E-state index in [1.807, 2.05) is 36.5 Å². The molecule has 1 N–H and O–H groups in total. The van der Waals surface area contributed by atoms with E-state index in [-0.39, 0.29) is 0 Å². The number of halogens is 1. The van der Waals surface area contributed by atoms with Gasteiger partial charge in [0, 0.05) is 28.7 Å². The molecule has 1 heterocycles. The van der Waals surface area contributed by atoms with Crippen molar-refractivity contribution in [3.8, 4) is 0 Å². The summed E-state index contributed by atoms with van der Waals surface area (Å²) < 4.78 is 1.10. The molecule has 0 saturated heterocycles. The summed E-state index contributed by atoms with van der Waals surface area (Å²) in [5.74, 6) is 1.01. The molecule has 88 valence electrons.